The maximum Gasteiger partial charge on any atom is 0.244 e. The first-order valence-corrected chi connectivity index (χ1v) is 6.69. The average Bonchev–Trinajstić information content (AvgIpc) is 2.38. The molecule has 0 radical (unpaired) electrons. The van der Waals surface area contributed by atoms with Gasteiger partial charge in [-0.05, 0) is 37.8 Å². The van der Waals surface area contributed by atoms with Crippen molar-refractivity contribution in [2.45, 2.75) is 51.4 Å². The Bertz CT molecular complexity index is 448. The van der Waals surface area contributed by atoms with Crippen molar-refractivity contribution in [3.63, 3.8) is 0 Å². The van der Waals surface area contributed by atoms with Gasteiger partial charge in [-0.2, -0.15) is 0 Å². The van der Waals surface area contributed by atoms with Crippen molar-refractivity contribution >= 4 is 5.91 Å². The second kappa shape index (κ2) is 5.11. The van der Waals surface area contributed by atoms with Crippen LogP contribution in [0.2, 0.25) is 0 Å². The van der Waals surface area contributed by atoms with Gasteiger partial charge in [0, 0.05) is 0 Å². The lowest BCUT2D eigenvalue weighted by Crippen LogP contribution is -2.48. The van der Waals surface area contributed by atoms with Gasteiger partial charge < -0.3 is 0 Å². The Labute approximate surface area is 109 Å². The Balaban J connectivity index is 2.48. The molecule has 0 bridgehead atoms. The third-order valence-electron chi connectivity index (χ3n) is 4.17. The van der Waals surface area contributed by atoms with Crippen LogP contribution in [0.1, 0.15) is 48.8 Å². The summed E-state index contributed by atoms with van der Waals surface area (Å²) in [6, 6.07) is 6.34. The van der Waals surface area contributed by atoms with E-state index >= 15 is 0 Å². The van der Waals surface area contributed by atoms with Crippen LogP contribution < -0.4 is 11.3 Å². The van der Waals surface area contributed by atoms with Gasteiger partial charge in [0.1, 0.15) is 0 Å². The summed E-state index contributed by atoms with van der Waals surface area (Å²) in [5.41, 5.74) is 5.54. The SMILES string of the molecule is Cc1ccc(C2(C(=O)NN)CCCCC2)c(C)c1. The first kappa shape index (κ1) is 13.1. The number of nitrogens with one attached hydrogen (secondary N) is 1. The van der Waals surface area contributed by atoms with Gasteiger partial charge in [0.25, 0.3) is 0 Å². The minimum atomic E-state index is -0.412. The molecule has 2 rings (SSSR count). The summed E-state index contributed by atoms with van der Waals surface area (Å²) in [4.78, 5) is 12.3. The molecule has 0 atom stereocenters. The molecule has 0 aromatic heterocycles. The van der Waals surface area contributed by atoms with Crippen molar-refractivity contribution in [3.8, 4) is 0 Å². The van der Waals surface area contributed by atoms with Crippen molar-refractivity contribution < 1.29 is 4.79 Å². The number of carbonyl (C=O) groups excluding carboxylic acids is 1. The monoisotopic (exact) mass is 246 g/mol. The van der Waals surface area contributed by atoms with Crippen molar-refractivity contribution in [2.75, 3.05) is 0 Å². The van der Waals surface area contributed by atoms with E-state index in [-0.39, 0.29) is 5.91 Å². The molecule has 0 spiro atoms. The van der Waals surface area contributed by atoms with Crippen LogP contribution in [0, 0.1) is 13.8 Å². The minimum absolute atomic E-state index is 0.0332. The largest absolute Gasteiger partial charge is 0.293 e. The Kier molecular flexibility index (Phi) is 3.71. The molecule has 0 unspecified atom stereocenters. The van der Waals surface area contributed by atoms with E-state index < -0.39 is 5.41 Å². The van der Waals surface area contributed by atoms with Crippen LogP contribution in [0.25, 0.3) is 0 Å². The number of hydrogen-bond acceptors (Lipinski definition) is 2. The fourth-order valence-corrected chi connectivity index (χ4v) is 3.26. The highest BCUT2D eigenvalue weighted by molar-refractivity contribution is 5.88. The summed E-state index contributed by atoms with van der Waals surface area (Å²) in [5, 5.41) is 0. The second-order valence-electron chi connectivity index (χ2n) is 5.43. The van der Waals surface area contributed by atoms with Crippen molar-refractivity contribution in [2.24, 2.45) is 5.84 Å². The smallest absolute Gasteiger partial charge is 0.244 e. The van der Waals surface area contributed by atoms with Crippen LogP contribution in [0.15, 0.2) is 18.2 Å². The summed E-state index contributed by atoms with van der Waals surface area (Å²) in [6.07, 6.45) is 5.21. The van der Waals surface area contributed by atoms with Gasteiger partial charge in [-0.25, -0.2) is 5.84 Å². The van der Waals surface area contributed by atoms with Crippen molar-refractivity contribution in [1.29, 1.82) is 0 Å². The Morgan fingerprint density at radius 1 is 1.22 bits per heavy atom. The third-order valence-corrected chi connectivity index (χ3v) is 4.17. The lowest BCUT2D eigenvalue weighted by Gasteiger charge is -2.37. The fraction of sp³-hybridized carbons (Fsp3) is 0.533. The second-order valence-corrected chi connectivity index (χ2v) is 5.43. The van der Waals surface area contributed by atoms with Crippen LogP contribution in [0.4, 0.5) is 0 Å². The molecule has 1 aliphatic carbocycles. The molecule has 1 aromatic carbocycles. The Morgan fingerprint density at radius 3 is 2.44 bits per heavy atom. The highest BCUT2D eigenvalue weighted by atomic mass is 16.2. The highest BCUT2D eigenvalue weighted by Gasteiger charge is 2.41. The number of aryl methyl sites for hydroxylation is 2. The molecule has 3 nitrogen and oxygen atoms in total. The number of hydrazine groups is 1. The first-order chi connectivity index (χ1) is 8.60. The molecule has 1 saturated carbocycles. The van der Waals surface area contributed by atoms with Crippen LogP contribution in [-0.4, -0.2) is 5.91 Å². The lowest BCUT2D eigenvalue weighted by atomic mass is 9.67. The van der Waals surface area contributed by atoms with E-state index in [2.05, 4.69) is 37.5 Å². The maximum absolute atomic E-state index is 12.3. The topological polar surface area (TPSA) is 55.1 Å². The molecule has 98 valence electrons. The molecule has 0 heterocycles. The van der Waals surface area contributed by atoms with E-state index in [4.69, 9.17) is 5.84 Å². The van der Waals surface area contributed by atoms with Gasteiger partial charge in [0.15, 0.2) is 0 Å². The van der Waals surface area contributed by atoms with Crippen molar-refractivity contribution in [3.05, 3.63) is 34.9 Å². The summed E-state index contributed by atoms with van der Waals surface area (Å²) in [5.74, 6) is 5.37. The van der Waals surface area contributed by atoms with Gasteiger partial charge in [0.05, 0.1) is 5.41 Å². The van der Waals surface area contributed by atoms with Gasteiger partial charge in [0.2, 0.25) is 5.91 Å². The van der Waals surface area contributed by atoms with E-state index in [0.29, 0.717) is 0 Å². The molecular formula is C15H22N2O. The maximum atomic E-state index is 12.3. The predicted molar refractivity (Wildman–Crippen MR) is 73.0 cm³/mol. The molecule has 18 heavy (non-hydrogen) atoms. The number of nitrogens with two attached hydrogens (primary N) is 1. The van der Waals surface area contributed by atoms with E-state index in [1.54, 1.807) is 0 Å². The van der Waals surface area contributed by atoms with E-state index in [0.717, 1.165) is 31.2 Å². The van der Waals surface area contributed by atoms with E-state index in [1.165, 1.54) is 17.5 Å². The summed E-state index contributed by atoms with van der Waals surface area (Å²) in [6.45, 7) is 4.16. The zero-order chi connectivity index (χ0) is 13.2. The normalized spacial score (nSPS) is 18.4. The fourth-order valence-electron chi connectivity index (χ4n) is 3.26. The number of carbonyl (C=O) groups is 1. The molecule has 0 aliphatic heterocycles. The van der Waals surface area contributed by atoms with E-state index in [9.17, 15) is 4.79 Å². The van der Waals surface area contributed by atoms with E-state index in [1.807, 2.05) is 0 Å². The molecule has 1 aliphatic rings. The van der Waals surface area contributed by atoms with Crippen molar-refractivity contribution in [1.82, 2.24) is 5.43 Å². The quantitative estimate of drug-likeness (QED) is 0.478. The zero-order valence-corrected chi connectivity index (χ0v) is 11.3. The van der Waals surface area contributed by atoms with Gasteiger partial charge in [-0.15, -0.1) is 0 Å². The Morgan fingerprint density at radius 2 is 1.89 bits per heavy atom. The predicted octanol–water partition coefficient (Wildman–Crippen LogP) is 2.50. The van der Waals surface area contributed by atoms with Gasteiger partial charge in [-0.3, -0.25) is 10.2 Å². The summed E-state index contributed by atoms with van der Waals surface area (Å²) >= 11 is 0. The number of benzene rings is 1. The summed E-state index contributed by atoms with van der Waals surface area (Å²) < 4.78 is 0. The van der Waals surface area contributed by atoms with Gasteiger partial charge >= 0.3 is 0 Å². The van der Waals surface area contributed by atoms with Crippen LogP contribution in [0.3, 0.4) is 0 Å². The average molecular weight is 246 g/mol. The molecule has 0 saturated heterocycles. The molecule has 3 heteroatoms. The van der Waals surface area contributed by atoms with Crippen LogP contribution in [-0.2, 0) is 10.2 Å². The first-order valence-electron chi connectivity index (χ1n) is 6.69. The zero-order valence-electron chi connectivity index (χ0n) is 11.3. The number of amides is 1. The minimum Gasteiger partial charge on any atom is -0.293 e. The highest BCUT2D eigenvalue weighted by Crippen LogP contribution is 2.41. The molecule has 3 N–H and O–H groups in total. The molecule has 1 fully saturated rings. The standard InChI is InChI=1S/C15H22N2O/c1-11-6-7-13(12(2)10-11)15(14(18)17-16)8-4-3-5-9-15/h6-7,10H,3-5,8-9,16H2,1-2H3,(H,17,18). The summed E-state index contributed by atoms with van der Waals surface area (Å²) in [7, 11) is 0. The van der Waals surface area contributed by atoms with Gasteiger partial charge in [-0.1, -0.05) is 43.0 Å². The Hall–Kier alpha value is -1.35. The van der Waals surface area contributed by atoms with Crippen LogP contribution in [0.5, 0.6) is 0 Å². The molecule has 1 amide bonds. The lowest BCUT2D eigenvalue weighted by molar-refractivity contribution is -0.128. The molecular weight excluding hydrogens is 224 g/mol. The van der Waals surface area contributed by atoms with Crippen LogP contribution >= 0.6 is 0 Å². The number of hydrogen-bond donors (Lipinski definition) is 2. The molecule has 1 aromatic rings. The third kappa shape index (κ3) is 2.15. The number of rotatable bonds is 2.